The number of carbonyl (C=O) groups is 2. The fourth-order valence-electron chi connectivity index (χ4n) is 1.68. The van der Waals surface area contributed by atoms with E-state index in [2.05, 4.69) is 32.2 Å². The van der Waals surface area contributed by atoms with Crippen molar-refractivity contribution in [3.05, 3.63) is 0 Å². The first kappa shape index (κ1) is 18.6. The molecule has 0 unspecified atom stereocenters. The molecule has 0 amide bonds. The van der Waals surface area contributed by atoms with Crippen LogP contribution < -0.4 is 0 Å². The second kappa shape index (κ2) is 10.4. The molecule has 0 aliphatic heterocycles. The lowest BCUT2D eigenvalue weighted by Crippen LogP contribution is -2.34. The summed E-state index contributed by atoms with van der Waals surface area (Å²) >= 11 is 7.75. The van der Waals surface area contributed by atoms with Gasteiger partial charge in [-0.2, -0.15) is 25.3 Å². The number of hydrogen-bond donors (Lipinski definition) is 2. The Morgan fingerprint density at radius 1 is 1.00 bits per heavy atom. The van der Waals surface area contributed by atoms with Crippen LogP contribution in [0.3, 0.4) is 0 Å². The maximum atomic E-state index is 11.2. The molecule has 0 aromatic carbocycles. The van der Waals surface area contributed by atoms with Gasteiger partial charge in [-0.1, -0.05) is 26.7 Å². The van der Waals surface area contributed by atoms with E-state index in [9.17, 15) is 9.59 Å². The highest BCUT2D eigenvalue weighted by Gasteiger charge is 2.31. The second-order valence-electron chi connectivity index (χ2n) is 4.59. The number of unbranched alkanes of at least 4 members (excludes halogenated alkanes) is 1. The highest BCUT2D eigenvalue weighted by Crippen LogP contribution is 2.30. The normalized spacial score (nSPS) is 11.2. The molecule has 0 radical (unpaired) electrons. The number of ether oxygens (including phenoxy) is 2. The van der Waals surface area contributed by atoms with E-state index < -0.39 is 0 Å². The fraction of sp³-hybridized carbons (Fsp3) is 0.846. The van der Waals surface area contributed by atoms with Gasteiger partial charge >= 0.3 is 11.9 Å². The van der Waals surface area contributed by atoms with Crippen molar-refractivity contribution in [2.75, 3.05) is 24.7 Å². The average molecular weight is 308 g/mol. The van der Waals surface area contributed by atoms with Gasteiger partial charge in [-0.15, -0.1) is 0 Å². The summed E-state index contributed by atoms with van der Waals surface area (Å²) in [6, 6.07) is 0. The molecular formula is C13H24O4S2. The number of hydrogen-bond acceptors (Lipinski definition) is 6. The van der Waals surface area contributed by atoms with Crippen LogP contribution in [0.2, 0.25) is 0 Å². The topological polar surface area (TPSA) is 52.6 Å². The first-order chi connectivity index (χ1) is 9.03. The summed E-state index contributed by atoms with van der Waals surface area (Å²) in [7, 11) is 0. The van der Waals surface area contributed by atoms with Crippen LogP contribution in [0.25, 0.3) is 0 Å². The minimum absolute atomic E-state index is 0.0595. The maximum absolute atomic E-state index is 11.2. The van der Waals surface area contributed by atoms with Crippen LogP contribution in [-0.2, 0) is 19.1 Å². The third-order valence-corrected chi connectivity index (χ3v) is 3.66. The Morgan fingerprint density at radius 2 is 1.47 bits per heavy atom. The van der Waals surface area contributed by atoms with Gasteiger partial charge < -0.3 is 9.47 Å². The van der Waals surface area contributed by atoms with Gasteiger partial charge in [-0.25, -0.2) is 0 Å². The second-order valence-corrected chi connectivity index (χ2v) is 5.23. The molecule has 4 nitrogen and oxygen atoms in total. The van der Waals surface area contributed by atoms with Gasteiger partial charge in [-0.3, -0.25) is 9.59 Å². The molecule has 0 bridgehead atoms. The molecule has 6 heteroatoms. The van der Waals surface area contributed by atoms with Crippen LogP contribution in [0.5, 0.6) is 0 Å². The minimum Gasteiger partial charge on any atom is -0.464 e. The zero-order chi connectivity index (χ0) is 14.7. The summed E-state index contributed by atoms with van der Waals surface area (Å²) in [5.41, 5.74) is -0.298. The standard InChI is InChI=1S/C13H24O4S2/c1-3-5-6-13(4-2,9-16-11(14)7-18)10-17-12(15)8-19/h18-19H,3-10H2,1-2H3. The average Bonchev–Trinajstić information content (AvgIpc) is 2.46. The third kappa shape index (κ3) is 7.72. The lowest BCUT2D eigenvalue weighted by atomic mass is 9.81. The van der Waals surface area contributed by atoms with Crippen molar-refractivity contribution >= 4 is 37.2 Å². The summed E-state index contributed by atoms with van der Waals surface area (Å²) in [6.07, 6.45) is 3.69. The van der Waals surface area contributed by atoms with Crippen molar-refractivity contribution in [2.45, 2.75) is 39.5 Å². The molecule has 0 heterocycles. The van der Waals surface area contributed by atoms with Gasteiger partial charge in [0, 0.05) is 5.41 Å². The van der Waals surface area contributed by atoms with Crippen LogP contribution >= 0.6 is 25.3 Å². The monoisotopic (exact) mass is 308 g/mol. The molecule has 0 aromatic heterocycles. The number of thiol groups is 2. The van der Waals surface area contributed by atoms with Gasteiger partial charge in [-0.05, 0) is 12.8 Å². The van der Waals surface area contributed by atoms with Gasteiger partial charge in [0.25, 0.3) is 0 Å². The zero-order valence-corrected chi connectivity index (χ0v) is 13.5. The van der Waals surface area contributed by atoms with E-state index in [0.717, 1.165) is 25.7 Å². The molecule has 0 aliphatic carbocycles. The third-order valence-electron chi connectivity index (χ3n) is 3.15. The molecular weight excluding hydrogens is 284 g/mol. The molecule has 0 spiro atoms. The number of rotatable bonds is 10. The van der Waals surface area contributed by atoms with Crippen molar-refractivity contribution < 1.29 is 19.1 Å². The van der Waals surface area contributed by atoms with Gasteiger partial charge in [0.1, 0.15) is 13.2 Å². The van der Waals surface area contributed by atoms with E-state index in [-0.39, 0.29) is 42.1 Å². The quantitative estimate of drug-likeness (QED) is 0.481. The SMILES string of the molecule is CCCCC(CC)(COC(=O)CS)COC(=O)CS. The summed E-state index contributed by atoms with van der Waals surface area (Å²) in [4.78, 5) is 22.4. The molecule has 0 fully saturated rings. The van der Waals surface area contributed by atoms with Crippen LogP contribution in [-0.4, -0.2) is 36.7 Å². The van der Waals surface area contributed by atoms with Gasteiger partial charge in [0.05, 0.1) is 11.5 Å². The smallest absolute Gasteiger partial charge is 0.315 e. The Morgan fingerprint density at radius 3 is 1.79 bits per heavy atom. The predicted octanol–water partition coefficient (Wildman–Crippen LogP) is 2.52. The lowest BCUT2D eigenvalue weighted by Gasteiger charge is -2.31. The van der Waals surface area contributed by atoms with E-state index in [0.29, 0.717) is 0 Å². The Hall–Kier alpha value is -0.360. The highest BCUT2D eigenvalue weighted by atomic mass is 32.1. The van der Waals surface area contributed by atoms with Crippen molar-refractivity contribution in [1.82, 2.24) is 0 Å². The van der Waals surface area contributed by atoms with Crippen molar-refractivity contribution in [3.8, 4) is 0 Å². The summed E-state index contributed by atoms with van der Waals surface area (Å²) in [5, 5.41) is 0. The largest absolute Gasteiger partial charge is 0.464 e. The van der Waals surface area contributed by atoms with Crippen molar-refractivity contribution in [2.24, 2.45) is 5.41 Å². The van der Waals surface area contributed by atoms with Crippen LogP contribution in [0.4, 0.5) is 0 Å². The molecule has 0 aliphatic rings. The Balaban J connectivity index is 4.56. The predicted molar refractivity (Wildman–Crippen MR) is 81.9 cm³/mol. The van der Waals surface area contributed by atoms with Crippen molar-refractivity contribution in [1.29, 1.82) is 0 Å². The summed E-state index contributed by atoms with van der Waals surface area (Å²) in [6.45, 7) is 4.64. The van der Waals surface area contributed by atoms with E-state index >= 15 is 0 Å². The molecule has 0 N–H and O–H groups in total. The van der Waals surface area contributed by atoms with E-state index in [4.69, 9.17) is 9.47 Å². The maximum Gasteiger partial charge on any atom is 0.315 e. The highest BCUT2D eigenvalue weighted by molar-refractivity contribution is 7.81. The van der Waals surface area contributed by atoms with E-state index in [1.54, 1.807) is 0 Å². The zero-order valence-electron chi connectivity index (χ0n) is 11.7. The number of carbonyl (C=O) groups excluding carboxylic acids is 2. The lowest BCUT2D eigenvalue weighted by molar-refractivity contribution is -0.151. The minimum atomic E-state index is -0.349. The van der Waals surface area contributed by atoms with E-state index in [1.165, 1.54) is 0 Å². The number of esters is 2. The molecule has 0 aromatic rings. The first-order valence-electron chi connectivity index (χ1n) is 6.56. The van der Waals surface area contributed by atoms with Crippen LogP contribution in [0.1, 0.15) is 39.5 Å². The summed E-state index contributed by atoms with van der Waals surface area (Å²) < 4.78 is 10.4. The molecule has 0 saturated carbocycles. The fourth-order valence-corrected chi connectivity index (χ4v) is 1.86. The van der Waals surface area contributed by atoms with Crippen molar-refractivity contribution in [3.63, 3.8) is 0 Å². The molecule has 19 heavy (non-hydrogen) atoms. The first-order valence-corrected chi connectivity index (χ1v) is 7.83. The molecule has 0 atom stereocenters. The molecule has 0 saturated heterocycles. The van der Waals surface area contributed by atoms with Crippen LogP contribution in [0.15, 0.2) is 0 Å². The molecule has 0 rings (SSSR count). The van der Waals surface area contributed by atoms with Crippen LogP contribution in [0, 0.1) is 5.41 Å². The Labute approximate surface area is 126 Å². The van der Waals surface area contributed by atoms with Gasteiger partial charge in [0.15, 0.2) is 0 Å². The molecule has 112 valence electrons. The Bertz CT molecular complexity index is 262. The Kier molecular flexibility index (Phi) is 10.2. The summed E-state index contributed by atoms with van der Waals surface area (Å²) in [5.74, 6) is -0.579. The van der Waals surface area contributed by atoms with E-state index in [1.807, 2.05) is 6.92 Å². The van der Waals surface area contributed by atoms with Gasteiger partial charge in [0.2, 0.25) is 0 Å².